The first-order chi connectivity index (χ1) is 9.34. The van der Waals surface area contributed by atoms with E-state index in [1.54, 1.807) is 0 Å². The van der Waals surface area contributed by atoms with Crippen LogP contribution < -0.4 is 5.32 Å². The lowest BCUT2D eigenvalue weighted by Gasteiger charge is -2.14. The maximum Gasteiger partial charge on any atom is 0.0326 e. The summed E-state index contributed by atoms with van der Waals surface area (Å²) < 4.78 is 1.25. The predicted octanol–water partition coefficient (Wildman–Crippen LogP) is 3.66. The highest BCUT2D eigenvalue weighted by atomic mass is 79.9. The van der Waals surface area contributed by atoms with Crippen molar-refractivity contribution >= 4 is 15.9 Å². The van der Waals surface area contributed by atoms with Crippen molar-refractivity contribution in [3.8, 4) is 0 Å². The van der Waals surface area contributed by atoms with Gasteiger partial charge in [0.25, 0.3) is 0 Å². The number of hydrogen-bond donors (Lipinski definition) is 1. The van der Waals surface area contributed by atoms with E-state index in [-0.39, 0.29) is 0 Å². The maximum absolute atomic E-state index is 4.15. The van der Waals surface area contributed by atoms with Gasteiger partial charge in [-0.1, -0.05) is 34.1 Å². The molecular formula is C16H17BrN2. The first kappa shape index (κ1) is 12.8. The lowest BCUT2D eigenvalue weighted by atomic mass is 10.1. The first-order valence-corrected chi connectivity index (χ1v) is 7.53. The molecule has 98 valence electrons. The number of nitrogens with zero attached hydrogens (tertiary/aromatic N) is 1. The van der Waals surface area contributed by atoms with Crippen LogP contribution in [-0.2, 0) is 12.8 Å². The van der Waals surface area contributed by atoms with Gasteiger partial charge in [0.2, 0.25) is 0 Å². The minimum Gasteiger partial charge on any atom is -0.310 e. The van der Waals surface area contributed by atoms with E-state index >= 15 is 0 Å². The lowest BCUT2D eigenvalue weighted by Crippen LogP contribution is -2.21. The summed E-state index contributed by atoms with van der Waals surface area (Å²) in [6, 6.07) is 11.1. The minimum atomic E-state index is 0.504. The summed E-state index contributed by atoms with van der Waals surface area (Å²) in [6.45, 7) is 1.00. The van der Waals surface area contributed by atoms with E-state index in [0.717, 1.165) is 13.0 Å². The lowest BCUT2D eigenvalue weighted by molar-refractivity contribution is 0.533. The molecule has 1 aliphatic carbocycles. The number of nitrogens with one attached hydrogen (secondary N) is 1. The number of hydrogen-bond acceptors (Lipinski definition) is 2. The molecule has 0 fully saturated rings. The minimum absolute atomic E-state index is 0.504. The Bertz CT molecular complexity index is 554. The van der Waals surface area contributed by atoms with E-state index in [2.05, 4.69) is 50.5 Å². The number of halogens is 1. The third-order valence-corrected chi connectivity index (χ3v) is 4.48. The van der Waals surface area contributed by atoms with E-state index < -0.39 is 0 Å². The highest BCUT2D eigenvalue weighted by Gasteiger charge is 2.22. The molecule has 0 spiro atoms. The zero-order valence-corrected chi connectivity index (χ0v) is 12.4. The Hall–Kier alpha value is -1.19. The van der Waals surface area contributed by atoms with Gasteiger partial charge in [0, 0.05) is 22.9 Å². The van der Waals surface area contributed by atoms with E-state index in [9.17, 15) is 0 Å². The summed E-state index contributed by atoms with van der Waals surface area (Å²) in [7, 11) is 0. The van der Waals surface area contributed by atoms with Crippen LogP contribution >= 0.6 is 15.9 Å². The molecule has 1 atom stereocenters. The first-order valence-electron chi connectivity index (χ1n) is 6.74. The van der Waals surface area contributed by atoms with Gasteiger partial charge >= 0.3 is 0 Å². The third kappa shape index (κ3) is 2.88. The molecule has 1 aliphatic rings. The third-order valence-electron chi connectivity index (χ3n) is 3.74. The van der Waals surface area contributed by atoms with Crippen molar-refractivity contribution in [1.82, 2.24) is 10.3 Å². The molecule has 0 bridgehead atoms. The van der Waals surface area contributed by atoms with Gasteiger partial charge in [0.1, 0.15) is 0 Å². The number of aromatic nitrogens is 1. The number of pyridine rings is 1. The van der Waals surface area contributed by atoms with Gasteiger partial charge in [-0.15, -0.1) is 0 Å². The predicted molar refractivity (Wildman–Crippen MR) is 81.1 cm³/mol. The molecule has 2 aromatic rings. The maximum atomic E-state index is 4.15. The zero-order valence-electron chi connectivity index (χ0n) is 10.8. The number of fused-ring (bicyclic) bond motifs is 1. The highest BCUT2D eigenvalue weighted by molar-refractivity contribution is 9.10. The van der Waals surface area contributed by atoms with Gasteiger partial charge in [-0.2, -0.15) is 0 Å². The van der Waals surface area contributed by atoms with Crippen LogP contribution in [0, 0.1) is 0 Å². The Balaban J connectivity index is 1.60. The van der Waals surface area contributed by atoms with Crippen LogP contribution in [0.2, 0.25) is 0 Å². The normalized spacial score (nSPS) is 17.4. The van der Waals surface area contributed by atoms with Crippen molar-refractivity contribution in [2.24, 2.45) is 0 Å². The standard InChI is InChI=1S/C16H17BrN2/c17-15-5-1-4-14-13(15)6-7-16(14)19-10-8-12-3-2-9-18-11-12/h1-5,9,11,16,19H,6-8,10H2. The summed E-state index contributed by atoms with van der Waals surface area (Å²) in [4.78, 5) is 4.15. The van der Waals surface area contributed by atoms with Crippen LogP contribution in [-0.4, -0.2) is 11.5 Å². The molecule has 0 amide bonds. The quantitative estimate of drug-likeness (QED) is 0.931. The summed E-state index contributed by atoms with van der Waals surface area (Å²) in [6.07, 6.45) is 7.17. The SMILES string of the molecule is Brc1cccc2c1CCC2NCCc1cccnc1. The molecule has 19 heavy (non-hydrogen) atoms. The molecule has 0 saturated carbocycles. The Kier molecular flexibility index (Phi) is 3.95. The molecule has 0 saturated heterocycles. The summed E-state index contributed by atoms with van der Waals surface area (Å²) >= 11 is 3.64. The fourth-order valence-electron chi connectivity index (χ4n) is 2.76. The van der Waals surface area contributed by atoms with Crippen molar-refractivity contribution in [1.29, 1.82) is 0 Å². The summed E-state index contributed by atoms with van der Waals surface area (Å²) in [5.41, 5.74) is 4.23. The van der Waals surface area contributed by atoms with E-state index in [0.29, 0.717) is 6.04 Å². The molecule has 3 rings (SSSR count). The van der Waals surface area contributed by atoms with Gasteiger partial charge in [0.05, 0.1) is 0 Å². The zero-order chi connectivity index (χ0) is 13.1. The summed E-state index contributed by atoms with van der Waals surface area (Å²) in [5, 5.41) is 3.66. The van der Waals surface area contributed by atoms with Crippen molar-refractivity contribution in [2.45, 2.75) is 25.3 Å². The molecule has 0 radical (unpaired) electrons. The summed E-state index contributed by atoms with van der Waals surface area (Å²) in [5.74, 6) is 0. The van der Waals surface area contributed by atoms with E-state index in [1.165, 1.54) is 34.0 Å². The molecule has 1 aromatic heterocycles. The molecule has 1 unspecified atom stereocenters. The van der Waals surface area contributed by atoms with Crippen LogP contribution in [0.3, 0.4) is 0 Å². The molecule has 2 nitrogen and oxygen atoms in total. The molecular weight excluding hydrogens is 300 g/mol. The van der Waals surface area contributed by atoms with E-state index in [4.69, 9.17) is 0 Å². The highest BCUT2D eigenvalue weighted by Crippen LogP contribution is 2.35. The van der Waals surface area contributed by atoms with Gasteiger partial charge in [-0.25, -0.2) is 0 Å². The molecule has 3 heteroatoms. The second-order valence-corrected chi connectivity index (χ2v) is 5.82. The van der Waals surface area contributed by atoms with Crippen LogP contribution in [0.5, 0.6) is 0 Å². The van der Waals surface area contributed by atoms with Gasteiger partial charge < -0.3 is 5.32 Å². The fraction of sp³-hybridized carbons (Fsp3) is 0.312. The largest absolute Gasteiger partial charge is 0.310 e. The van der Waals surface area contributed by atoms with E-state index in [1.807, 2.05) is 18.5 Å². The van der Waals surface area contributed by atoms with Crippen molar-refractivity contribution < 1.29 is 0 Å². The molecule has 0 aliphatic heterocycles. The fourth-order valence-corrected chi connectivity index (χ4v) is 3.34. The molecule has 1 aromatic carbocycles. The van der Waals surface area contributed by atoms with Gasteiger partial charge in [-0.3, -0.25) is 4.98 Å². The van der Waals surface area contributed by atoms with Crippen LogP contribution in [0.4, 0.5) is 0 Å². The van der Waals surface area contributed by atoms with Crippen molar-refractivity contribution in [2.75, 3.05) is 6.54 Å². The smallest absolute Gasteiger partial charge is 0.0326 e. The molecule has 1 N–H and O–H groups in total. The van der Waals surface area contributed by atoms with Gasteiger partial charge in [-0.05, 0) is 54.6 Å². The number of rotatable bonds is 4. The Morgan fingerprint density at radius 3 is 3.05 bits per heavy atom. The average Bonchev–Trinajstić information content (AvgIpc) is 2.85. The second-order valence-electron chi connectivity index (χ2n) is 4.96. The Morgan fingerprint density at radius 1 is 1.26 bits per heavy atom. The van der Waals surface area contributed by atoms with Crippen molar-refractivity contribution in [3.05, 3.63) is 63.9 Å². The number of benzene rings is 1. The molecule has 1 heterocycles. The van der Waals surface area contributed by atoms with Crippen molar-refractivity contribution in [3.63, 3.8) is 0 Å². The Labute approximate surface area is 122 Å². The van der Waals surface area contributed by atoms with Crippen LogP contribution in [0.1, 0.15) is 29.2 Å². The Morgan fingerprint density at radius 2 is 2.21 bits per heavy atom. The van der Waals surface area contributed by atoms with Crippen LogP contribution in [0.25, 0.3) is 0 Å². The monoisotopic (exact) mass is 316 g/mol. The topological polar surface area (TPSA) is 24.9 Å². The van der Waals surface area contributed by atoms with Gasteiger partial charge in [0.15, 0.2) is 0 Å². The second kappa shape index (κ2) is 5.85. The average molecular weight is 317 g/mol. The van der Waals surface area contributed by atoms with Crippen LogP contribution in [0.15, 0.2) is 47.2 Å².